The molecule has 0 aliphatic rings. The van der Waals surface area contributed by atoms with E-state index < -0.39 is 12.7 Å². The zero-order valence-electron chi connectivity index (χ0n) is 6.95. The van der Waals surface area contributed by atoms with Gasteiger partial charge in [-0.05, 0) is 6.42 Å². The van der Waals surface area contributed by atoms with Gasteiger partial charge in [0.25, 0.3) is 0 Å². The van der Waals surface area contributed by atoms with Crippen molar-refractivity contribution in [2.75, 3.05) is 6.61 Å². The summed E-state index contributed by atoms with van der Waals surface area (Å²) in [6.07, 6.45) is 2.51. The molecule has 1 atom stereocenters. The zero-order valence-corrected chi connectivity index (χ0v) is 6.95. The normalized spacial score (nSPS) is 13.9. The van der Waals surface area contributed by atoms with Crippen molar-refractivity contribution < 1.29 is 15.3 Å². The second kappa shape index (κ2) is 6.58. The van der Waals surface area contributed by atoms with Gasteiger partial charge in [-0.3, -0.25) is 0 Å². The first kappa shape index (κ1) is 10.9. The molecule has 11 heavy (non-hydrogen) atoms. The molecular formula is C8H17O3. The van der Waals surface area contributed by atoms with Gasteiger partial charge >= 0.3 is 0 Å². The predicted molar refractivity (Wildman–Crippen MR) is 42.4 cm³/mol. The summed E-state index contributed by atoms with van der Waals surface area (Å²) in [5, 5.41) is 26.4. The molecule has 0 aromatic rings. The quantitative estimate of drug-likeness (QED) is 0.505. The maximum absolute atomic E-state index is 9.10. The third kappa shape index (κ3) is 5.18. The number of aliphatic hydroxyl groups excluding tert-OH is 3. The average molecular weight is 161 g/mol. The molecule has 0 aliphatic heterocycles. The first-order valence-electron chi connectivity index (χ1n) is 4.06. The maximum atomic E-state index is 9.10. The SMILES string of the molecule is CCCCCC(O)[C](O)CO. The van der Waals surface area contributed by atoms with Crippen LogP contribution >= 0.6 is 0 Å². The van der Waals surface area contributed by atoms with E-state index in [2.05, 4.69) is 6.92 Å². The van der Waals surface area contributed by atoms with Crippen LogP contribution in [0.15, 0.2) is 0 Å². The minimum atomic E-state index is -0.841. The Morgan fingerprint density at radius 2 is 2.00 bits per heavy atom. The average Bonchev–Trinajstić information content (AvgIpc) is 2.03. The van der Waals surface area contributed by atoms with E-state index in [-0.39, 0.29) is 6.10 Å². The Bertz CT molecular complexity index is 85.4. The first-order valence-corrected chi connectivity index (χ1v) is 4.06. The van der Waals surface area contributed by atoms with E-state index in [1.807, 2.05) is 0 Å². The molecule has 3 N–H and O–H groups in total. The van der Waals surface area contributed by atoms with E-state index in [0.29, 0.717) is 6.42 Å². The highest BCUT2D eigenvalue weighted by atomic mass is 16.4. The largest absolute Gasteiger partial charge is 0.393 e. The molecule has 0 saturated carbocycles. The van der Waals surface area contributed by atoms with E-state index in [0.717, 1.165) is 19.3 Å². The lowest BCUT2D eigenvalue weighted by molar-refractivity contribution is 0.0563. The number of aliphatic hydroxyl groups is 3. The summed E-state index contributed by atoms with van der Waals surface area (Å²) in [6.45, 7) is 1.63. The third-order valence-corrected chi connectivity index (χ3v) is 1.63. The number of hydrogen-bond donors (Lipinski definition) is 3. The van der Waals surface area contributed by atoms with Crippen molar-refractivity contribution in [3.63, 3.8) is 0 Å². The maximum Gasteiger partial charge on any atom is 0.147 e. The fraction of sp³-hybridized carbons (Fsp3) is 0.875. The Labute approximate surface area is 67.7 Å². The summed E-state index contributed by atoms with van der Waals surface area (Å²) < 4.78 is 0. The molecule has 0 bridgehead atoms. The summed E-state index contributed by atoms with van der Waals surface area (Å²) in [5.74, 6) is 0. The highest BCUT2D eigenvalue weighted by Gasteiger charge is 2.14. The Balaban J connectivity index is 3.28. The predicted octanol–water partition coefficient (Wildman–Crippen LogP) is 0.824. The Morgan fingerprint density at radius 3 is 2.45 bits per heavy atom. The lowest BCUT2D eigenvalue weighted by atomic mass is 10.1. The molecule has 0 saturated heterocycles. The van der Waals surface area contributed by atoms with Crippen molar-refractivity contribution in [2.45, 2.75) is 38.7 Å². The van der Waals surface area contributed by atoms with E-state index >= 15 is 0 Å². The molecule has 0 heterocycles. The minimum absolute atomic E-state index is 0.221. The van der Waals surface area contributed by atoms with E-state index in [1.165, 1.54) is 0 Å². The van der Waals surface area contributed by atoms with Crippen molar-refractivity contribution in [3.05, 3.63) is 6.10 Å². The molecule has 1 unspecified atom stereocenters. The highest BCUT2D eigenvalue weighted by Crippen LogP contribution is 2.10. The fourth-order valence-corrected chi connectivity index (χ4v) is 0.860. The molecule has 0 aliphatic carbocycles. The number of unbranched alkanes of at least 4 members (excludes halogenated alkanes) is 2. The molecule has 0 aromatic carbocycles. The van der Waals surface area contributed by atoms with Gasteiger partial charge in [0.05, 0.1) is 12.7 Å². The first-order chi connectivity index (χ1) is 5.22. The molecular weight excluding hydrogens is 144 g/mol. The smallest absolute Gasteiger partial charge is 0.147 e. The van der Waals surface area contributed by atoms with E-state index in [1.54, 1.807) is 0 Å². The van der Waals surface area contributed by atoms with Gasteiger partial charge in [-0.2, -0.15) is 0 Å². The topological polar surface area (TPSA) is 60.7 Å². The van der Waals surface area contributed by atoms with Crippen molar-refractivity contribution in [3.8, 4) is 0 Å². The second-order valence-corrected chi connectivity index (χ2v) is 2.66. The second-order valence-electron chi connectivity index (χ2n) is 2.66. The molecule has 0 amide bonds. The number of hydrogen-bond acceptors (Lipinski definition) is 3. The summed E-state index contributed by atoms with van der Waals surface area (Å²) in [7, 11) is 0. The standard InChI is InChI=1S/C8H17O3/c1-2-3-4-5-7(10)8(11)6-9/h7,9-11H,2-6H2,1H3. The molecule has 0 spiro atoms. The van der Waals surface area contributed by atoms with Crippen LogP contribution < -0.4 is 0 Å². The van der Waals surface area contributed by atoms with Crippen LogP contribution in [0.1, 0.15) is 32.6 Å². The summed E-state index contributed by atoms with van der Waals surface area (Å²) in [5.41, 5.74) is 0. The van der Waals surface area contributed by atoms with Gasteiger partial charge in [0, 0.05) is 0 Å². The van der Waals surface area contributed by atoms with Gasteiger partial charge in [0.2, 0.25) is 0 Å². The van der Waals surface area contributed by atoms with Crippen LogP contribution in [0.25, 0.3) is 0 Å². The molecule has 0 fully saturated rings. The van der Waals surface area contributed by atoms with Gasteiger partial charge in [-0.25, -0.2) is 0 Å². The molecule has 3 heteroatoms. The lowest BCUT2D eigenvalue weighted by Crippen LogP contribution is -2.20. The van der Waals surface area contributed by atoms with Crippen LogP contribution in [0.2, 0.25) is 0 Å². The van der Waals surface area contributed by atoms with Crippen LogP contribution in [0.3, 0.4) is 0 Å². The molecule has 1 radical (unpaired) electrons. The molecule has 0 aromatic heterocycles. The number of rotatable bonds is 6. The molecule has 0 rings (SSSR count). The minimum Gasteiger partial charge on any atom is -0.393 e. The van der Waals surface area contributed by atoms with Crippen molar-refractivity contribution in [2.24, 2.45) is 0 Å². The van der Waals surface area contributed by atoms with Crippen LogP contribution in [-0.2, 0) is 0 Å². The van der Waals surface area contributed by atoms with Gasteiger partial charge < -0.3 is 15.3 Å². The van der Waals surface area contributed by atoms with Crippen LogP contribution in [0.5, 0.6) is 0 Å². The Hall–Kier alpha value is -0.120. The lowest BCUT2D eigenvalue weighted by Gasteiger charge is -2.13. The summed E-state index contributed by atoms with van der Waals surface area (Å²) in [6, 6.07) is 0. The fourth-order valence-electron chi connectivity index (χ4n) is 0.860. The molecule has 67 valence electrons. The molecule has 3 nitrogen and oxygen atoms in total. The zero-order chi connectivity index (χ0) is 8.69. The van der Waals surface area contributed by atoms with Crippen molar-refractivity contribution in [1.82, 2.24) is 0 Å². The van der Waals surface area contributed by atoms with Gasteiger partial charge in [-0.15, -0.1) is 0 Å². The Kier molecular flexibility index (Phi) is 6.51. The van der Waals surface area contributed by atoms with Gasteiger partial charge in [-0.1, -0.05) is 26.2 Å². The van der Waals surface area contributed by atoms with Crippen LogP contribution in [0.4, 0.5) is 0 Å². The highest BCUT2D eigenvalue weighted by molar-refractivity contribution is 4.83. The van der Waals surface area contributed by atoms with Crippen LogP contribution in [-0.4, -0.2) is 28.0 Å². The summed E-state index contributed by atoms with van der Waals surface area (Å²) in [4.78, 5) is 0. The third-order valence-electron chi connectivity index (χ3n) is 1.63. The van der Waals surface area contributed by atoms with Crippen molar-refractivity contribution in [1.29, 1.82) is 0 Å². The van der Waals surface area contributed by atoms with Gasteiger partial charge in [0.15, 0.2) is 0 Å². The summed E-state index contributed by atoms with van der Waals surface area (Å²) >= 11 is 0. The Morgan fingerprint density at radius 1 is 1.36 bits per heavy atom. The monoisotopic (exact) mass is 161 g/mol. The van der Waals surface area contributed by atoms with Crippen molar-refractivity contribution >= 4 is 0 Å². The van der Waals surface area contributed by atoms with Crippen LogP contribution in [0, 0.1) is 6.10 Å². The van der Waals surface area contributed by atoms with E-state index in [4.69, 9.17) is 15.3 Å². The van der Waals surface area contributed by atoms with E-state index in [9.17, 15) is 0 Å². The van der Waals surface area contributed by atoms with Gasteiger partial charge in [0.1, 0.15) is 6.10 Å².